The van der Waals surface area contributed by atoms with Crippen LogP contribution in [-0.2, 0) is 6.42 Å². The number of benzene rings is 2. The molecule has 1 heteroatoms. The Morgan fingerprint density at radius 2 is 1.55 bits per heavy atom. The van der Waals surface area contributed by atoms with Gasteiger partial charge in [0.1, 0.15) is 0 Å². The Morgan fingerprint density at radius 1 is 0.900 bits per heavy atom. The molecule has 1 nitrogen and oxygen atoms in total. The van der Waals surface area contributed by atoms with E-state index in [0.717, 1.165) is 13.0 Å². The molecule has 1 atom stereocenters. The molecule has 0 saturated heterocycles. The van der Waals surface area contributed by atoms with Crippen molar-refractivity contribution in [2.24, 2.45) is 0 Å². The molecule has 0 aromatic heterocycles. The fraction of sp³-hybridized carbons (Fsp3) is 0.368. The average Bonchev–Trinajstić information content (AvgIpc) is 2.45. The fourth-order valence-corrected chi connectivity index (χ4v) is 2.79. The highest BCUT2D eigenvalue weighted by Crippen LogP contribution is 2.24. The first-order valence-electron chi connectivity index (χ1n) is 7.38. The number of rotatable bonds is 5. The van der Waals surface area contributed by atoms with Crippen LogP contribution in [0.5, 0.6) is 0 Å². The van der Waals surface area contributed by atoms with Crippen molar-refractivity contribution < 1.29 is 0 Å². The van der Waals surface area contributed by atoms with Gasteiger partial charge in [-0.3, -0.25) is 0 Å². The van der Waals surface area contributed by atoms with Crippen molar-refractivity contribution in [2.75, 3.05) is 13.6 Å². The van der Waals surface area contributed by atoms with Crippen LogP contribution in [0.15, 0.2) is 42.5 Å². The van der Waals surface area contributed by atoms with E-state index in [1.54, 1.807) is 0 Å². The fourth-order valence-electron chi connectivity index (χ4n) is 2.79. The van der Waals surface area contributed by atoms with Crippen LogP contribution in [0.2, 0.25) is 0 Å². The SMILES string of the molecule is CNCC(Cc1cc(C)c(C)cc1C)c1ccccc1. The lowest BCUT2D eigenvalue weighted by atomic mass is 9.88. The smallest absolute Gasteiger partial charge is 0.00203 e. The summed E-state index contributed by atoms with van der Waals surface area (Å²) in [5.41, 5.74) is 7.07. The number of likely N-dealkylation sites (N-methyl/N-ethyl adjacent to an activating group) is 1. The Kier molecular flexibility index (Phi) is 4.97. The van der Waals surface area contributed by atoms with Gasteiger partial charge in [-0.15, -0.1) is 0 Å². The van der Waals surface area contributed by atoms with E-state index in [1.165, 1.54) is 27.8 Å². The summed E-state index contributed by atoms with van der Waals surface area (Å²) < 4.78 is 0. The molecule has 0 bridgehead atoms. The van der Waals surface area contributed by atoms with E-state index in [4.69, 9.17) is 0 Å². The first-order valence-corrected chi connectivity index (χ1v) is 7.38. The minimum atomic E-state index is 0.530. The number of aryl methyl sites for hydroxylation is 3. The zero-order valence-corrected chi connectivity index (χ0v) is 13.0. The Morgan fingerprint density at radius 3 is 2.20 bits per heavy atom. The molecular formula is C19H25N. The van der Waals surface area contributed by atoms with Crippen LogP contribution in [0.3, 0.4) is 0 Å². The summed E-state index contributed by atoms with van der Waals surface area (Å²) in [6, 6.07) is 15.5. The van der Waals surface area contributed by atoms with Gasteiger partial charge in [0, 0.05) is 12.5 Å². The quantitative estimate of drug-likeness (QED) is 0.858. The Bertz CT molecular complexity index is 557. The van der Waals surface area contributed by atoms with Gasteiger partial charge in [-0.1, -0.05) is 42.5 Å². The van der Waals surface area contributed by atoms with Crippen molar-refractivity contribution in [3.05, 3.63) is 70.3 Å². The van der Waals surface area contributed by atoms with Crippen molar-refractivity contribution >= 4 is 0 Å². The molecule has 20 heavy (non-hydrogen) atoms. The molecule has 0 radical (unpaired) electrons. The topological polar surface area (TPSA) is 12.0 Å². The maximum Gasteiger partial charge on any atom is 0.00203 e. The van der Waals surface area contributed by atoms with Crippen LogP contribution < -0.4 is 5.32 Å². The summed E-state index contributed by atoms with van der Waals surface area (Å²) >= 11 is 0. The molecule has 0 saturated carbocycles. The van der Waals surface area contributed by atoms with Crippen molar-refractivity contribution in [1.82, 2.24) is 5.32 Å². The summed E-state index contributed by atoms with van der Waals surface area (Å²) in [5.74, 6) is 0.530. The van der Waals surface area contributed by atoms with Crippen molar-refractivity contribution in [3.63, 3.8) is 0 Å². The zero-order valence-electron chi connectivity index (χ0n) is 13.0. The van der Waals surface area contributed by atoms with Crippen LogP contribution in [0.1, 0.15) is 33.7 Å². The van der Waals surface area contributed by atoms with Gasteiger partial charge < -0.3 is 5.32 Å². The first kappa shape index (κ1) is 14.8. The van der Waals surface area contributed by atoms with Gasteiger partial charge in [0.2, 0.25) is 0 Å². The molecule has 0 aliphatic heterocycles. The Balaban J connectivity index is 2.27. The van der Waals surface area contributed by atoms with Gasteiger partial charge in [-0.2, -0.15) is 0 Å². The maximum absolute atomic E-state index is 3.33. The molecular weight excluding hydrogens is 242 g/mol. The second-order valence-electron chi connectivity index (χ2n) is 5.73. The van der Waals surface area contributed by atoms with Crippen LogP contribution in [-0.4, -0.2) is 13.6 Å². The molecule has 0 aliphatic carbocycles. The van der Waals surface area contributed by atoms with Crippen LogP contribution in [0.4, 0.5) is 0 Å². The second-order valence-corrected chi connectivity index (χ2v) is 5.73. The predicted octanol–water partition coefficient (Wildman–Crippen LogP) is 4.16. The van der Waals surface area contributed by atoms with E-state index in [1.807, 2.05) is 7.05 Å². The van der Waals surface area contributed by atoms with Gasteiger partial charge in [0.25, 0.3) is 0 Å². The summed E-state index contributed by atoms with van der Waals surface area (Å²) in [6.07, 6.45) is 1.10. The molecule has 1 N–H and O–H groups in total. The van der Waals surface area contributed by atoms with E-state index >= 15 is 0 Å². The van der Waals surface area contributed by atoms with E-state index < -0.39 is 0 Å². The molecule has 0 heterocycles. The van der Waals surface area contributed by atoms with E-state index in [9.17, 15) is 0 Å². The molecule has 0 amide bonds. The van der Waals surface area contributed by atoms with Gasteiger partial charge in [0.05, 0.1) is 0 Å². The summed E-state index contributed by atoms with van der Waals surface area (Å²) in [7, 11) is 2.03. The third-order valence-electron chi connectivity index (χ3n) is 4.14. The van der Waals surface area contributed by atoms with Gasteiger partial charge in [-0.25, -0.2) is 0 Å². The first-order chi connectivity index (χ1) is 9.61. The minimum Gasteiger partial charge on any atom is -0.319 e. The Hall–Kier alpha value is -1.60. The summed E-state index contributed by atoms with van der Waals surface area (Å²) in [6.45, 7) is 7.63. The standard InChI is InChI=1S/C19H25N/c1-14-10-16(3)18(11-15(14)2)12-19(13-20-4)17-8-6-5-7-9-17/h5-11,19-20H,12-13H2,1-4H3. The summed E-state index contributed by atoms with van der Waals surface area (Å²) in [5, 5.41) is 3.33. The van der Waals surface area contributed by atoms with Gasteiger partial charge >= 0.3 is 0 Å². The molecule has 0 aliphatic rings. The van der Waals surface area contributed by atoms with Crippen molar-refractivity contribution in [3.8, 4) is 0 Å². The highest BCUT2D eigenvalue weighted by molar-refractivity contribution is 5.38. The van der Waals surface area contributed by atoms with Crippen LogP contribution in [0, 0.1) is 20.8 Å². The van der Waals surface area contributed by atoms with Crippen LogP contribution in [0.25, 0.3) is 0 Å². The van der Waals surface area contributed by atoms with Gasteiger partial charge in [0.15, 0.2) is 0 Å². The molecule has 0 fully saturated rings. The zero-order chi connectivity index (χ0) is 14.5. The second kappa shape index (κ2) is 6.71. The molecule has 2 aromatic carbocycles. The highest BCUT2D eigenvalue weighted by atomic mass is 14.8. The van der Waals surface area contributed by atoms with E-state index in [2.05, 4.69) is 68.6 Å². The van der Waals surface area contributed by atoms with Gasteiger partial charge in [-0.05, 0) is 62.1 Å². The minimum absolute atomic E-state index is 0.530. The van der Waals surface area contributed by atoms with Crippen molar-refractivity contribution in [2.45, 2.75) is 33.1 Å². The van der Waals surface area contributed by atoms with Crippen molar-refractivity contribution in [1.29, 1.82) is 0 Å². The Labute approximate surface area is 123 Å². The molecule has 1 unspecified atom stereocenters. The monoisotopic (exact) mass is 267 g/mol. The number of hydrogen-bond donors (Lipinski definition) is 1. The third-order valence-corrected chi connectivity index (χ3v) is 4.14. The number of nitrogens with one attached hydrogen (secondary N) is 1. The largest absolute Gasteiger partial charge is 0.319 e. The molecule has 2 rings (SSSR count). The summed E-state index contributed by atoms with van der Waals surface area (Å²) in [4.78, 5) is 0. The van der Waals surface area contributed by atoms with E-state index in [-0.39, 0.29) is 0 Å². The normalized spacial score (nSPS) is 12.4. The predicted molar refractivity (Wildman–Crippen MR) is 87.5 cm³/mol. The lowest BCUT2D eigenvalue weighted by Gasteiger charge is -2.19. The number of hydrogen-bond acceptors (Lipinski definition) is 1. The third kappa shape index (κ3) is 3.49. The lowest BCUT2D eigenvalue weighted by molar-refractivity contribution is 0.624. The molecule has 106 valence electrons. The average molecular weight is 267 g/mol. The molecule has 0 spiro atoms. The van der Waals surface area contributed by atoms with E-state index in [0.29, 0.717) is 5.92 Å². The lowest BCUT2D eigenvalue weighted by Crippen LogP contribution is -2.19. The molecule has 2 aromatic rings. The highest BCUT2D eigenvalue weighted by Gasteiger charge is 2.13. The maximum atomic E-state index is 3.33. The van der Waals surface area contributed by atoms with Crippen LogP contribution >= 0.6 is 0 Å².